The molecule has 4 heteroatoms. The Morgan fingerprint density at radius 2 is 1.85 bits per heavy atom. The van der Waals surface area contributed by atoms with Crippen LogP contribution in [0.1, 0.15) is 0 Å². The topological polar surface area (TPSA) is 15.3 Å². The zero-order chi connectivity index (χ0) is 8.97. The first-order chi connectivity index (χ1) is 5.77. The van der Waals surface area contributed by atoms with Crippen molar-refractivity contribution in [3.8, 4) is 0 Å². The number of hydrogen-bond donors (Lipinski definition) is 2. The molecule has 0 saturated heterocycles. The number of hydrazine groups is 1. The minimum Gasteiger partial charge on any atom is -0.389 e. The molecule has 0 heterocycles. The molecule has 13 heavy (non-hydrogen) atoms. The second-order valence-corrected chi connectivity index (χ2v) is 2.84. The van der Waals surface area contributed by atoms with Crippen LogP contribution in [0.25, 0.3) is 0 Å². The summed E-state index contributed by atoms with van der Waals surface area (Å²) >= 11 is 4.19. The average Bonchev–Trinajstić information content (AvgIpc) is 2.10. The van der Waals surface area contributed by atoms with Gasteiger partial charge in [-0.15, -0.1) is 12.6 Å². The molecule has 1 aromatic rings. The summed E-state index contributed by atoms with van der Waals surface area (Å²) in [6.07, 6.45) is 0. The maximum Gasteiger partial charge on any atom is 2.00 e. The molecule has 70 valence electrons. The third kappa shape index (κ3) is 3.72. The van der Waals surface area contributed by atoms with Gasteiger partial charge in [0.25, 0.3) is 0 Å². The fourth-order valence-corrected chi connectivity index (χ4v) is 1.08. The number of hydrogen-bond acceptors (Lipinski definition) is 3. The summed E-state index contributed by atoms with van der Waals surface area (Å²) in [5.41, 5.74) is 3.82. The van der Waals surface area contributed by atoms with Gasteiger partial charge in [-0.2, -0.15) is 0 Å². The maximum atomic E-state index is 4.19. The summed E-state index contributed by atoms with van der Waals surface area (Å²) in [4.78, 5) is 0.951. The van der Waals surface area contributed by atoms with Gasteiger partial charge in [0.15, 0.2) is 0 Å². The molecule has 0 fully saturated rings. The predicted octanol–water partition coefficient (Wildman–Crippen LogP) is 1.91. The van der Waals surface area contributed by atoms with E-state index in [0.717, 1.165) is 10.6 Å². The summed E-state index contributed by atoms with van der Waals surface area (Å²) in [7, 11) is 3.57. The summed E-state index contributed by atoms with van der Waals surface area (Å²) in [5, 5.41) is 1.84. The van der Waals surface area contributed by atoms with E-state index >= 15 is 0 Å². The predicted molar refractivity (Wildman–Crippen MR) is 54.9 cm³/mol. The van der Waals surface area contributed by atoms with Crippen molar-refractivity contribution in [1.29, 1.82) is 0 Å². The van der Waals surface area contributed by atoms with Crippen molar-refractivity contribution in [2.24, 2.45) is 0 Å². The zero-order valence-corrected chi connectivity index (χ0v) is 11.1. The maximum absolute atomic E-state index is 4.19. The first kappa shape index (κ1) is 13.0. The second-order valence-electron chi connectivity index (χ2n) is 2.33. The Hall–Kier alpha value is 0.0183. The van der Waals surface area contributed by atoms with Crippen LogP contribution >= 0.6 is 12.6 Å². The summed E-state index contributed by atoms with van der Waals surface area (Å²) < 4.78 is 0. The molecule has 0 atom stereocenters. The molecular formula is C9H12N2SW. The van der Waals surface area contributed by atoms with E-state index in [-0.39, 0.29) is 21.1 Å². The Balaban J connectivity index is 0.00000144. The molecule has 1 aromatic carbocycles. The van der Waals surface area contributed by atoms with E-state index in [1.54, 1.807) is 0 Å². The van der Waals surface area contributed by atoms with Crippen molar-refractivity contribution in [2.75, 3.05) is 11.6 Å². The van der Waals surface area contributed by atoms with Gasteiger partial charge < -0.3 is 17.4 Å². The molecule has 0 aliphatic rings. The quantitative estimate of drug-likeness (QED) is 0.484. The van der Waals surface area contributed by atoms with E-state index in [4.69, 9.17) is 0 Å². The third-order valence-electron chi connectivity index (χ3n) is 1.58. The van der Waals surface area contributed by atoms with Crippen molar-refractivity contribution in [1.82, 2.24) is 5.43 Å². The Morgan fingerprint density at radius 3 is 2.23 bits per heavy atom. The van der Waals surface area contributed by atoms with Gasteiger partial charge in [0.1, 0.15) is 0 Å². The van der Waals surface area contributed by atoms with Crippen LogP contribution in [-0.4, -0.2) is 6.54 Å². The molecule has 0 bridgehead atoms. The molecule has 0 aliphatic carbocycles. The van der Waals surface area contributed by atoms with Crippen molar-refractivity contribution < 1.29 is 21.1 Å². The Kier molecular flexibility index (Phi) is 6.48. The molecule has 0 aliphatic heterocycles. The van der Waals surface area contributed by atoms with Crippen molar-refractivity contribution in [2.45, 2.75) is 4.90 Å². The minimum absolute atomic E-state index is 0. The van der Waals surface area contributed by atoms with Crippen molar-refractivity contribution in [3.63, 3.8) is 0 Å². The largest absolute Gasteiger partial charge is 2.00 e. The number of anilines is 1. The molecule has 2 nitrogen and oxygen atoms in total. The standard InChI is InChI=1S/C9H12N2S.W/c1-3-11(10-2)8-4-6-9(12)7-5-8;/h4-7,10,12H,1-3H2;/q-2;+2. The Bertz CT molecular complexity index is 234. The number of nitrogens with zero attached hydrogens (tertiary/aromatic N) is 1. The van der Waals surface area contributed by atoms with Gasteiger partial charge in [-0.25, -0.2) is 0 Å². The average molecular weight is 364 g/mol. The fraction of sp³-hybridized carbons (Fsp3) is 0.111. The summed E-state index contributed by atoms with van der Waals surface area (Å²) in [6.45, 7) is 4.39. The monoisotopic (exact) mass is 364 g/mol. The summed E-state index contributed by atoms with van der Waals surface area (Å²) in [6, 6.07) is 7.79. The van der Waals surface area contributed by atoms with Crippen molar-refractivity contribution in [3.05, 3.63) is 38.2 Å². The van der Waals surface area contributed by atoms with E-state index in [1.807, 2.05) is 29.3 Å². The van der Waals surface area contributed by atoms with E-state index in [2.05, 4.69) is 32.0 Å². The molecule has 0 saturated carbocycles. The van der Waals surface area contributed by atoms with E-state index in [1.165, 1.54) is 0 Å². The molecule has 0 amide bonds. The molecule has 0 radical (unpaired) electrons. The van der Waals surface area contributed by atoms with E-state index in [0.29, 0.717) is 6.54 Å². The first-order valence-corrected chi connectivity index (χ1v) is 4.11. The zero-order valence-electron chi connectivity index (χ0n) is 7.23. The first-order valence-electron chi connectivity index (χ1n) is 3.66. The van der Waals surface area contributed by atoms with Crippen molar-refractivity contribution >= 4 is 18.3 Å². The van der Waals surface area contributed by atoms with Crippen LogP contribution in [0, 0.1) is 14.0 Å². The van der Waals surface area contributed by atoms with Gasteiger partial charge in [0.05, 0.1) is 0 Å². The van der Waals surface area contributed by atoms with Crippen LogP contribution in [0.3, 0.4) is 0 Å². The van der Waals surface area contributed by atoms with E-state index in [9.17, 15) is 0 Å². The Morgan fingerprint density at radius 1 is 1.31 bits per heavy atom. The van der Waals surface area contributed by atoms with E-state index < -0.39 is 0 Å². The van der Waals surface area contributed by atoms with Gasteiger partial charge in [0, 0.05) is 10.6 Å². The van der Waals surface area contributed by atoms with Gasteiger partial charge in [-0.1, -0.05) is 6.54 Å². The number of thiol groups is 1. The van der Waals surface area contributed by atoms with Gasteiger partial charge in [-0.3, -0.25) is 7.05 Å². The number of rotatable bonds is 3. The molecule has 1 rings (SSSR count). The number of nitrogens with one attached hydrogen (secondary N) is 1. The van der Waals surface area contributed by atoms with Crippen LogP contribution in [0.5, 0.6) is 0 Å². The van der Waals surface area contributed by atoms with Crippen LogP contribution in [0.15, 0.2) is 29.2 Å². The second kappa shape index (κ2) is 6.47. The van der Waals surface area contributed by atoms with Crippen LogP contribution in [0.4, 0.5) is 5.69 Å². The van der Waals surface area contributed by atoms with Crippen LogP contribution < -0.4 is 10.4 Å². The van der Waals surface area contributed by atoms with Gasteiger partial charge in [0.2, 0.25) is 0 Å². The fourth-order valence-electron chi connectivity index (χ4n) is 0.932. The molecule has 1 N–H and O–H groups in total. The number of benzene rings is 1. The molecule has 0 aromatic heterocycles. The van der Waals surface area contributed by atoms with Gasteiger partial charge in [-0.05, 0) is 24.3 Å². The normalized spacial score (nSPS) is 9.15. The smallest absolute Gasteiger partial charge is 0.389 e. The molecular weight excluding hydrogens is 352 g/mol. The third-order valence-corrected chi connectivity index (χ3v) is 1.87. The Labute approximate surface area is 99.3 Å². The van der Waals surface area contributed by atoms with Crippen LogP contribution in [0.2, 0.25) is 0 Å². The van der Waals surface area contributed by atoms with Gasteiger partial charge >= 0.3 is 21.1 Å². The molecule has 0 unspecified atom stereocenters. The van der Waals surface area contributed by atoms with Crippen LogP contribution in [-0.2, 0) is 21.1 Å². The molecule has 0 spiro atoms. The minimum atomic E-state index is 0. The SMILES string of the molecule is [CH2-]CN(N[CH2-])c1ccc(S)cc1.[W+2]. The summed E-state index contributed by atoms with van der Waals surface area (Å²) in [5.74, 6) is 0.